The summed E-state index contributed by atoms with van der Waals surface area (Å²) in [5.41, 5.74) is 0. The molecule has 0 amide bonds. The Hall–Kier alpha value is -0.700. The van der Waals surface area contributed by atoms with E-state index < -0.39 is 16.0 Å². The predicted molar refractivity (Wildman–Crippen MR) is 72.8 cm³/mol. The van der Waals surface area contributed by atoms with E-state index in [0.717, 1.165) is 12.8 Å². The highest BCUT2D eigenvalue weighted by Crippen LogP contribution is 2.16. The third kappa shape index (κ3) is 5.74. The fraction of sp³-hybridized carbons (Fsp3) is 0.917. The molecule has 118 valence electrons. The zero-order valence-corrected chi connectivity index (χ0v) is 12.9. The Balaban J connectivity index is 2.63. The first-order valence-electron chi connectivity index (χ1n) is 6.64. The Kier molecular flexibility index (Phi) is 7.42. The summed E-state index contributed by atoms with van der Waals surface area (Å²) in [4.78, 5) is 11.2. The van der Waals surface area contributed by atoms with E-state index in [4.69, 9.17) is 9.47 Å². The molecule has 1 aliphatic rings. The van der Waals surface area contributed by atoms with Gasteiger partial charge in [-0.2, -0.15) is 4.31 Å². The smallest absolute Gasteiger partial charge is 0.306 e. The molecule has 0 N–H and O–H groups in total. The van der Waals surface area contributed by atoms with Crippen LogP contribution in [0, 0.1) is 0 Å². The third-order valence-corrected chi connectivity index (χ3v) is 4.96. The van der Waals surface area contributed by atoms with Crippen molar-refractivity contribution in [2.45, 2.75) is 25.4 Å². The van der Waals surface area contributed by atoms with Gasteiger partial charge >= 0.3 is 5.97 Å². The van der Waals surface area contributed by atoms with Crippen LogP contribution in [0.1, 0.15) is 19.3 Å². The zero-order chi connectivity index (χ0) is 15.0. The monoisotopic (exact) mass is 309 g/mol. The quantitative estimate of drug-likeness (QED) is 0.558. The predicted octanol–water partition coefficient (Wildman–Crippen LogP) is 0.00670. The number of rotatable bonds is 9. The van der Waals surface area contributed by atoms with Gasteiger partial charge in [-0.15, -0.1) is 0 Å². The van der Waals surface area contributed by atoms with Crippen molar-refractivity contribution in [3.8, 4) is 0 Å². The van der Waals surface area contributed by atoms with Crippen molar-refractivity contribution in [1.29, 1.82) is 0 Å². The molecule has 1 rings (SSSR count). The van der Waals surface area contributed by atoms with Gasteiger partial charge in [-0.3, -0.25) is 4.79 Å². The van der Waals surface area contributed by atoms with Crippen molar-refractivity contribution in [3.63, 3.8) is 0 Å². The molecule has 1 aliphatic heterocycles. The summed E-state index contributed by atoms with van der Waals surface area (Å²) in [5, 5.41) is 0. The number of hydrogen-bond donors (Lipinski definition) is 0. The Labute approximate surface area is 120 Å². The number of ether oxygens (including phenoxy) is 3. The topological polar surface area (TPSA) is 82.1 Å². The number of nitrogens with zero attached hydrogens (tertiary/aromatic N) is 1. The lowest BCUT2D eigenvalue weighted by Crippen LogP contribution is -2.40. The minimum Gasteiger partial charge on any atom is -0.469 e. The van der Waals surface area contributed by atoms with Gasteiger partial charge in [0.1, 0.15) is 0 Å². The highest BCUT2D eigenvalue weighted by Gasteiger charge is 2.27. The maximum atomic E-state index is 12.2. The van der Waals surface area contributed by atoms with Gasteiger partial charge in [0.2, 0.25) is 10.0 Å². The number of carbonyl (C=O) groups excluding carboxylic acids is 1. The van der Waals surface area contributed by atoms with Gasteiger partial charge in [0.05, 0.1) is 32.0 Å². The molecule has 0 aromatic carbocycles. The van der Waals surface area contributed by atoms with Gasteiger partial charge in [-0.1, -0.05) is 0 Å². The van der Waals surface area contributed by atoms with Gasteiger partial charge in [-0.25, -0.2) is 8.42 Å². The van der Waals surface area contributed by atoms with Crippen molar-refractivity contribution in [2.24, 2.45) is 0 Å². The van der Waals surface area contributed by atoms with Crippen molar-refractivity contribution >= 4 is 16.0 Å². The van der Waals surface area contributed by atoms with Crippen LogP contribution in [0.4, 0.5) is 0 Å². The molecular formula is C12H23NO6S. The molecule has 0 aliphatic carbocycles. The second kappa shape index (κ2) is 8.56. The molecule has 1 fully saturated rings. The minimum atomic E-state index is -3.46. The zero-order valence-electron chi connectivity index (χ0n) is 12.0. The molecule has 0 radical (unpaired) electrons. The van der Waals surface area contributed by atoms with Crippen LogP contribution < -0.4 is 0 Å². The summed E-state index contributed by atoms with van der Waals surface area (Å²) in [6.45, 7) is 1.18. The van der Waals surface area contributed by atoms with Crippen molar-refractivity contribution in [1.82, 2.24) is 4.31 Å². The van der Waals surface area contributed by atoms with Crippen molar-refractivity contribution in [3.05, 3.63) is 0 Å². The normalized spacial score (nSPS) is 19.4. The van der Waals surface area contributed by atoms with Crippen molar-refractivity contribution < 1.29 is 27.4 Å². The number of hydrogen-bond acceptors (Lipinski definition) is 6. The van der Waals surface area contributed by atoms with E-state index in [-0.39, 0.29) is 38.0 Å². The number of methoxy groups -OCH3 is 2. The highest BCUT2D eigenvalue weighted by molar-refractivity contribution is 7.89. The maximum Gasteiger partial charge on any atom is 0.306 e. The molecule has 20 heavy (non-hydrogen) atoms. The molecular weight excluding hydrogens is 286 g/mol. The largest absolute Gasteiger partial charge is 0.469 e. The summed E-state index contributed by atoms with van der Waals surface area (Å²) in [6.07, 6.45) is 1.72. The van der Waals surface area contributed by atoms with E-state index in [1.165, 1.54) is 18.5 Å². The minimum absolute atomic E-state index is 0.0371. The Bertz CT molecular complexity index is 391. The molecule has 7 nitrogen and oxygen atoms in total. The lowest BCUT2D eigenvalue weighted by molar-refractivity contribution is -0.140. The number of esters is 1. The van der Waals surface area contributed by atoms with Crippen LogP contribution in [0.2, 0.25) is 0 Å². The molecule has 1 heterocycles. The highest BCUT2D eigenvalue weighted by atomic mass is 32.2. The summed E-state index contributed by atoms with van der Waals surface area (Å²) in [5.74, 6) is -0.526. The summed E-state index contributed by atoms with van der Waals surface area (Å²) in [7, 11) is -0.719. The molecule has 1 saturated heterocycles. The molecule has 0 saturated carbocycles. The first kappa shape index (κ1) is 17.4. The van der Waals surface area contributed by atoms with Gasteiger partial charge < -0.3 is 14.2 Å². The summed E-state index contributed by atoms with van der Waals surface area (Å²) in [6, 6.07) is 0. The summed E-state index contributed by atoms with van der Waals surface area (Å²) < 4.78 is 40.6. The molecule has 1 unspecified atom stereocenters. The van der Waals surface area contributed by atoms with Gasteiger partial charge in [0, 0.05) is 26.8 Å². The van der Waals surface area contributed by atoms with Gasteiger partial charge in [-0.05, 0) is 12.8 Å². The third-order valence-electron chi connectivity index (χ3n) is 3.16. The molecule has 0 aromatic heterocycles. The Morgan fingerprint density at radius 2 is 2.15 bits per heavy atom. The van der Waals surface area contributed by atoms with Crippen LogP contribution >= 0.6 is 0 Å². The first-order valence-corrected chi connectivity index (χ1v) is 8.25. The average Bonchev–Trinajstić information content (AvgIpc) is 2.93. The lowest BCUT2D eigenvalue weighted by Gasteiger charge is -2.24. The van der Waals surface area contributed by atoms with E-state index in [0.29, 0.717) is 6.61 Å². The van der Waals surface area contributed by atoms with Gasteiger partial charge in [0.15, 0.2) is 0 Å². The van der Waals surface area contributed by atoms with Crippen LogP contribution in [0.3, 0.4) is 0 Å². The maximum absolute atomic E-state index is 12.2. The van der Waals surface area contributed by atoms with Crippen LogP contribution in [0.15, 0.2) is 0 Å². The van der Waals surface area contributed by atoms with Crippen LogP contribution in [0.25, 0.3) is 0 Å². The Morgan fingerprint density at radius 1 is 1.40 bits per heavy atom. The molecule has 1 atom stereocenters. The second-order valence-corrected chi connectivity index (χ2v) is 6.72. The van der Waals surface area contributed by atoms with Gasteiger partial charge in [0.25, 0.3) is 0 Å². The van der Waals surface area contributed by atoms with E-state index in [9.17, 15) is 13.2 Å². The molecule has 0 spiro atoms. The Morgan fingerprint density at radius 3 is 2.70 bits per heavy atom. The average molecular weight is 309 g/mol. The van der Waals surface area contributed by atoms with E-state index in [1.54, 1.807) is 0 Å². The van der Waals surface area contributed by atoms with E-state index >= 15 is 0 Å². The van der Waals surface area contributed by atoms with Crippen molar-refractivity contribution in [2.75, 3.05) is 46.3 Å². The SMILES string of the molecule is COCCS(=O)(=O)N(CCC(=O)OC)CC1CCCO1. The van der Waals surface area contributed by atoms with Crippen LogP contribution in [-0.2, 0) is 29.0 Å². The molecule has 0 bridgehead atoms. The van der Waals surface area contributed by atoms with E-state index in [1.807, 2.05) is 0 Å². The summed E-state index contributed by atoms with van der Waals surface area (Å²) >= 11 is 0. The second-order valence-electron chi connectivity index (χ2n) is 4.63. The van der Waals surface area contributed by atoms with Crippen LogP contribution in [0.5, 0.6) is 0 Å². The number of carbonyl (C=O) groups is 1. The molecule has 0 aromatic rings. The fourth-order valence-corrected chi connectivity index (χ4v) is 3.39. The van der Waals surface area contributed by atoms with Crippen LogP contribution in [-0.4, -0.2) is 71.1 Å². The van der Waals surface area contributed by atoms with E-state index in [2.05, 4.69) is 4.74 Å². The first-order chi connectivity index (χ1) is 9.49. The molecule has 8 heteroatoms. The number of sulfonamides is 1. The standard InChI is InChI=1S/C12H23NO6S/c1-17-8-9-20(15,16)13(6-5-12(14)18-2)10-11-4-3-7-19-11/h11H,3-10H2,1-2H3. The lowest BCUT2D eigenvalue weighted by atomic mass is 10.2. The fourth-order valence-electron chi connectivity index (χ4n) is 2.00.